The number of hydrogen-bond acceptors (Lipinski definition) is 8. The maximum atomic E-state index is 13.4. The van der Waals surface area contributed by atoms with Crippen LogP contribution in [-0.2, 0) is 25.3 Å². The van der Waals surface area contributed by atoms with Crippen molar-refractivity contribution in [2.45, 2.75) is 45.1 Å². The molecule has 0 aliphatic carbocycles. The molecule has 2 heterocycles. The van der Waals surface area contributed by atoms with Crippen LogP contribution in [0.1, 0.15) is 42.7 Å². The maximum absolute atomic E-state index is 13.4. The Balaban J connectivity index is 1.77. The highest BCUT2D eigenvalue weighted by Gasteiger charge is 2.44. The number of nitrogens with zero attached hydrogens (tertiary/aromatic N) is 2. The fraction of sp³-hybridized carbons (Fsp3) is 0.348. The quantitative estimate of drug-likeness (QED) is 0.349. The average Bonchev–Trinajstić information content (AvgIpc) is 3.18. The zero-order valence-corrected chi connectivity index (χ0v) is 19.4. The Morgan fingerprint density at radius 2 is 1.83 bits per heavy atom. The lowest BCUT2D eigenvalue weighted by molar-refractivity contribution is -0.136. The number of aliphatic hydroxyl groups excluding tert-OH is 1. The van der Waals surface area contributed by atoms with Gasteiger partial charge in [-0.15, -0.1) is 0 Å². The first-order chi connectivity index (χ1) is 16.7. The van der Waals surface area contributed by atoms with E-state index in [0.29, 0.717) is 6.42 Å². The van der Waals surface area contributed by atoms with Gasteiger partial charge in [-0.2, -0.15) is 0 Å². The molecule has 4 N–H and O–H groups in total. The number of carboxylic acids is 1. The lowest BCUT2D eigenvalue weighted by Crippen LogP contribution is -2.55. The van der Waals surface area contributed by atoms with Gasteiger partial charge in [-0.3, -0.25) is 19.4 Å². The number of aliphatic carboxylic acids is 1. The largest absolute Gasteiger partial charge is 0.620 e. The van der Waals surface area contributed by atoms with Crippen LogP contribution in [-0.4, -0.2) is 57.1 Å². The Morgan fingerprint density at radius 3 is 2.46 bits per heavy atom. The molecule has 0 radical (unpaired) electrons. The number of carbonyl (C=O) groups excluding carboxylic acids is 2. The molecule has 12 heteroatoms. The topological polar surface area (TPSA) is 160 Å². The van der Waals surface area contributed by atoms with Crippen LogP contribution in [0.15, 0.2) is 60.6 Å². The first-order valence-corrected chi connectivity index (χ1v) is 11.1. The number of nitrogens with one attached hydrogen (secondary N) is 2. The smallest absolute Gasteiger partial charge is 0.522 e. The second-order valence-corrected chi connectivity index (χ2v) is 8.45. The summed E-state index contributed by atoms with van der Waals surface area (Å²) in [6.45, 7) is 3.85. The van der Waals surface area contributed by atoms with E-state index in [1.165, 1.54) is 18.6 Å². The highest BCUT2D eigenvalue weighted by Crippen LogP contribution is 2.24. The Bertz CT molecular complexity index is 1070. The van der Waals surface area contributed by atoms with Crippen molar-refractivity contribution >= 4 is 24.9 Å². The van der Waals surface area contributed by atoms with Crippen LogP contribution in [0.5, 0.6) is 0 Å². The number of aliphatic hydroxyl groups is 1. The van der Waals surface area contributed by atoms with Crippen molar-refractivity contribution in [3.05, 3.63) is 71.9 Å². The van der Waals surface area contributed by atoms with E-state index in [0.717, 1.165) is 5.56 Å². The number of amides is 2. The van der Waals surface area contributed by atoms with E-state index in [-0.39, 0.29) is 23.8 Å². The Hall–Kier alpha value is -4.09. The molecule has 184 valence electrons. The molecule has 1 aliphatic rings. The molecule has 3 rings (SSSR count). The molecular weight excluding hydrogens is 455 g/mol. The summed E-state index contributed by atoms with van der Waals surface area (Å²) < 4.78 is 10.8. The van der Waals surface area contributed by atoms with Gasteiger partial charge in [-0.25, -0.2) is 4.98 Å². The summed E-state index contributed by atoms with van der Waals surface area (Å²) in [5.41, 5.74) is 0.885. The summed E-state index contributed by atoms with van der Waals surface area (Å²) in [5, 5.41) is 24.5. The van der Waals surface area contributed by atoms with Crippen molar-refractivity contribution in [3.63, 3.8) is 0 Å². The molecule has 0 saturated heterocycles. The van der Waals surface area contributed by atoms with Crippen LogP contribution in [0.25, 0.3) is 0 Å². The fourth-order valence-electron chi connectivity index (χ4n) is 3.55. The van der Waals surface area contributed by atoms with Gasteiger partial charge in [0.05, 0.1) is 12.1 Å². The van der Waals surface area contributed by atoms with Gasteiger partial charge in [0.2, 0.25) is 5.91 Å². The van der Waals surface area contributed by atoms with Crippen LogP contribution in [0.3, 0.4) is 0 Å². The van der Waals surface area contributed by atoms with Crippen LogP contribution in [0.2, 0.25) is 0 Å². The number of benzene rings is 1. The fourth-order valence-corrected chi connectivity index (χ4v) is 3.55. The molecule has 0 saturated carbocycles. The van der Waals surface area contributed by atoms with Gasteiger partial charge in [-0.05, 0) is 17.9 Å². The van der Waals surface area contributed by atoms with Gasteiger partial charge in [0.25, 0.3) is 11.9 Å². The highest BCUT2D eigenvalue weighted by molar-refractivity contribution is 6.48. The van der Waals surface area contributed by atoms with Gasteiger partial charge >= 0.3 is 13.1 Å². The van der Waals surface area contributed by atoms with E-state index in [4.69, 9.17) is 14.4 Å². The van der Waals surface area contributed by atoms with Gasteiger partial charge in [-0.1, -0.05) is 44.2 Å². The zero-order valence-electron chi connectivity index (χ0n) is 19.4. The van der Waals surface area contributed by atoms with E-state index in [1.807, 2.05) is 44.2 Å². The molecule has 2 amide bonds. The Labute approximate surface area is 202 Å². The van der Waals surface area contributed by atoms with Crippen molar-refractivity contribution in [1.82, 2.24) is 20.6 Å². The molecule has 35 heavy (non-hydrogen) atoms. The highest BCUT2D eigenvalue weighted by atomic mass is 16.7. The molecule has 2 aromatic rings. The average molecular weight is 482 g/mol. The molecule has 0 bridgehead atoms. The minimum atomic E-state index is -1.20. The summed E-state index contributed by atoms with van der Waals surface area (Å²) in [5.74, 6) is -3.75. The predicted molar refractivity (Wildman–Crippen MR) is 125 cm³/mol. The lowest BCUT2D eigenvalue weighted by Gasteiger charge is -2.25. The van der Waals surface area contributed by atoms with Gasteiger partial charge in [0, 0.05) is 18.8 Å². The van der Waals surface area contributed by atoms with Crippen molar-refractivity contribution in [3.8, 4) is 0 Å². The SMILES string of the molecule is CC(C)C[C@H](NC(=O)[C@H](Cc1ccccc1)NC(=O)c1cnccn1)B1OC(O)=C(CC(=O)O)O1. The van der Waals surface area contributed by atoms with Crippen molar-refractivity contribution in [2.24, 2.45) is 5.92 Å². The molecule has 0 fully saturated rings. The lowest BCUT2D eigenvalue weighted by atomic mass is 9.74. The Morgan fingerprint density at radius 1 is 1.09 bits per heavy atom. The van der Waals surface area contributed by atoms with E-state index in [1.54, 1.807) is 0 Å². The maximum Gasteiger partial charge on any atom is 0.620 e. The van der Waals surface area contributed by atoms with Crippen LogP contribution in [0, 0.1) is 5.92 Å². The van der Waals surface area contributed by atoms with Crippen molar-refractivity contribution < 1.29 is 33.9 Å². The van der Waals surface area contributed by atoms with Gasteiger partial charge in [0.1, 0.15) is 18.2 Å². The van der Waals surface area contributed by atoms with Crippen LogP contribution >= 0.6 is 0 Å². The number of carboxylic acid groups (broad SMARTS) is 1. The molecule has 11 nitrogen and oxygen atoms in total. The number of carbonyl (C=O) groups is 3. The summed E-state index contributed by atoms with van der Waals surface area (Å²) in [4.78, 5) is 45.0. The molecule has 1 aliphatic heterocycles. The first-order valence-electron chi connectivity index (χ1n) is 11.1. The molecule has 2 atom stereocenters. The second kappa shape index (κ2) is 11.9. The Kier molecular flexibility index (Phi) is 8.66. The second-order valence-electron chi connectivity index (χ2n) is 8.45. The summed E-state index contributed by atoms with van der Waals surface area (Å²) in [7, 11) is -1.12. The summed E-state index contributed by atoms with van der Waals surface area (Å²) in [6, 6.07) is 8.21. The molecule has 0 unspecified atom stereocenters. The molecule has 0 spiro atoms. The molecular formula is C23H27BN4O7. The standard InChI is InChI=1S/C23H27BN4O7/c1-14(2)10-19(24-34-18(12-20(29)30)23(33)35-24)28-21(31)16(11-15-6-4-3-5-7-15)27-22(32)17-13-25-8-9-26-17/h3-9,13-14,16,19,33H,10-12H2,1-2H3,(H,27,32)(H,28,31)(H,29,30)/t16-,19-/m0/s1. The molecule has 1 aromatic heterocycles. The zero-order chi connectivity index (χ0) is 25.4. The summed E-state index contributed by atoms with van der Waals surface area (Å²) >= 11 is 0. The van der Waals surface area contributed by atoms with Crippen molar-refractivity contribution in [2.75, 3.05) is 0 Å². The first kappa shape index (κ1) is 25.5. The minimum absolute atomic E-state index is 0.0620. The minimum Gasteiger partial charge on any atom is -0.522 e. The van der Waals surface area contributed by atoms with E-state index < -0.39 is 49.3 Å². The van der Waals surface area contributed by atoms with Crippen LogP contribution in [0.4, 0.5) is 0 Å². The van der Waals surface area contributed by atoms with E-state index >= 15 is 0 Å². The normalized spacial score (nSPS) is 14.7. The summed E-state index contributed by atoms with van der Waals surface area (Å²) in [6.07, 6.45) is 4.16. The molecule has 1 aromatic carbocycles. The van der Waals surface area contributed by atoms with Crippen LogP contribution < -0.4 is 10.6 Å². The monoisotopic (exact) mass is 482 g/mol. The third-order valence-electron chi connectivity index (χ3n) is 5.12. The van der Waals surface area contributed by atoms with E-state index in [9.17, 15) is 19.5 Å². The predicted octanol–water partition coefficient (Wildman–Crippen LogP) is 1.62. The number of aromatic nitrogens is 2. The van der Waals surface area contributed by atoms with Gasteiger partial charge in [0.15, 0.2) is 5.76 Å². The third-order valence-corrected chi connectivity index (χ3v) is 5.12. The number of rotatable bonds is 11. The van der Waals surface area contributed by atoms with E-state index in [2.05, 4.69) is 20.6 Å². The third kappa shape index (κ3) is 7.46. The van der Waals surface area contributed by atoms with Crippen molar-refractivity contribution in [1.29, 1.82) is 0 Å². The number of hydrogen-bond donors (Lipinski definition) is 4. The van der Waals surface area contributed by atoms with Gasteiger partial charge < -0.3 is 30.2 Å².